The number of ether oxygens (including phenoxy) is 2. The Morgan fingerprint density at radius 2 is 1.78 bits per heavy atom. The van der Waals surface area contributed by atoms with Crippen LogP contribution in [0.5, 0.6) is 11.5 Å². The molecule has 0 radical (unpaired) electrons. The van der Waals surface area contributed by atoms with E-state index >= 15 is 0 Å². The van der Waals surface area contributed by atoms with Gasteiger partial charge in [-0.15, -0.1) is 0 Å². The molecule has 6 nitrogen and oxygen atoms in total. The Hall–Kier alpha value is -3.77. The minimum Gasteiger partial charge on any atom is -0.495 e. The Kier molecular flexibility index (Phi) is 6.94. The molecule has 4 aromatic rings. The molecule has 0 aliphatic carbocycles. The van der Waals surface area contributed by atoms with Crippen molar-refractivity contribution in [2.45, 2.75) is 39.2 Å². The Bertz CT molecular complexity index is 1530. The zero-order chi connectivity index (χ0) is 26.1. The predicted molar refractivity (Wildman–Crippen MR) is 145 cm³/mol. The summed E-state index contributed by atoms with van der Waals surface area (Å²) in [5.41, 5.74) is 2.70. The van der Waals surface area contributed by atoms with E-state index in [4.69, 9.17) is 25.5 Å². The van der Waals surface area contributed by atoms with Gasteiger partial charge in [0.15, 0.2) is 5.43 Å². The molecule has 1 atom stereocenters. The number of hydrogen-bond acceptors (Lipinski definition) is 5. The maximum absolute atomic E-state index is 13.8. The summed E-state index contributed by atoms with van der Waals surface area (Å²) >= 11 is 6.42. The second-order valence-corrected chi connectivity index (χ2v) is 9.60. The van der Waals surface area contributed by atoms with Crippen LogP contribution in [0.2, 0.25) is 5.02 Å². The number of rotatable bonds is 8. The third-order valence-corrected chi connectivity index (χ3v) is 6.95. The predicted octanol–water partition coefficient (Wildman–Crippen LogP) is 7.08. The van der Waals surface area contributed by atoms with Crippen LogP contribution in [0.1, 0.15) is 59.5 Å². The van der Waals surface area contributed by atoms with Gasteiger partial charge in [-0.25, -0.2) is 0 Å². The first-order valence-electron chi connectivity index (χ1n) is 12.4. The van der Waals surface area contributed by atoms with Gasteiger partial charge in [-0.3, -0.25) is 14.5 Å². The van der Waals surface area contributed by atoms with Crippen molar-refractivity contribution in [3.8, 4) is 11.5 Å². The van der Waals surface area contributed by atoms with E-state index in [2.05, 4.69) is 6.92 Å². The van der Waals surface area contributed by atoms with Crippen molar-refractivity contribution in [3.63, 3.8) is 0 Å². The molecule has 0 bridgehead atoms. The number of carbonyl (C=O) groups excluding carboxylic acids is 1. The quantitative estimate of drug-likeness (QED) is 0.233. The van der Waals surface area contributed by atoms with Gasteiger partial charge in [-0.2, -0.15) is 0 Å². The van der Waals surface area contributed by atoms with E-state index in [1.54, 1.807) is 35.2 Å². The number of methoxy groups -OCH3 is 1. The van der Waals surface area contributed by atoms with Gasteiger partial charge in [-0.1, -0.05) is 55.1 Å². The lowest BCUT2D eigenvalue weighted by atomic mass is 9.97. The molecule has 190 valence electrons. The summed E-state index contributed by atoms with van der Waals surface area (Å²) in [5.74, 6) is 0.870. The van der Waals surface area contributed by atoms with Gasteiger partial charge in [0.1, 0.15) is 17.1 Å². The van der Waals surface area contributed by atoms with Gasteiger partial charge >= 0.3 is 0 Å². The number of carbonyl (C=O) groups is 1. The van der Waals surface area contributed by atoms with Crippen molar-refractivity contribution in [1.29, 1.82) is 0 Å². The molecule has 0 saturated heterocycles. The standard InChI is InChI=1S/C30H28ClNO5/c1-4-5-6-15-36-21-11-8-19(9-12-21)27-26-28(33)22-16-18(2)7-13-24(22)37-29(26)30(34)32(27)20-10-14-25(35-3)23(31)17-20/h7-14,16-17,27H,4-6,15H2,1-3H3. The molecule has 37 heavy (non-hydrogen) atoms. The molecule has 0 N–H and O–H groups in total. The van der Waals surface area contributed by atoms with Crippen molar-refractivity contribution in [3.05, 3.63) is 98.4 Å². The molecule has 1 amide bonds. The zero-order valence-corrected chi connectivity index (χ0v) is 21.8. The third-order valence-electron chi connectivity index (χ3n) is 6.65. The van der Waals surface area contributed by atoms with Crippen molar-refractivity contribution in [2.75, 3.05) is 18.6 Å². The van der Waals surface area contributed by atoms with Gasteiger partial charge in [-0.05, 0) is 61.4 Å². The van der Waals surface area contributed by atoms with E-state index < -0.39 is 11.9 Å². The third kappa shape index (κ3) is 4.58. The second kappa shape index (κ2) is 10.3. The van der Waals surface area contributed by atoms with E-state index in [9.17, 15) is 9.59 Å². The Morgan fingerprint density at radius 1 is 1.00 bits per heavy atom. The van der Waals surface area contributed by atoms with Gasteiger partial charge < -0.3 is 13.9 Å². The van der Waals surface area contributed by atoms with Crippen molar-refractivity contribution in [1.82, 2.24) is 0 Å². The molecule has 3 aromatic carbocycles. The number of anilines is 1. The average Bonchev–Trinajstić information content (AvgIpc) is 3.19. The lowest BCUT2D eigenvalue weighted by Gasteiger charge is -2.26. The van der Waals surface area contributed by atoms with E-state index in [1.807, 2.05) is 37.3 Å². The van der Waals surface area contributed by atoms with Crippen LogP contribution in [-0.2, 0) is 0 Å². The van der Waals surface area contributed by atoms with Gasteiger partial charge in [0, 0.05) is 5.69 Å². The Balaban J connectivity index is 1.63. The molecule has 1 aliphatic rings. The number of aryl methyl sites for hydroxylation is 1. The maximum atomic E-state index is 13.8. The normalized spacial score (nSPS) is 14.8. The van der Waals surface area contributed by atoms with Crippen LogP contribution >= 0.6 is 11.6 Å². The van der Waals surface area contributed by atoms with Crippen LogP contribution in [0.3, 0.4) is 0 Å². The highest BCUT2D eigenvalue weighted by Crippen LogP contribution is 2.43. The lowest BCUT2D eigenvalue weighted by Crippen LogP contribution is -2.29. The summed E-state index contributed by atoms with van der Waals surface area (Å²) in [7, 11) is 1.53. The van der Waals surface area contributed by atoms with Crippen LogP contribution in [0.25, 0.3) is 11.0 Å². The largest absolute Gasteiger partial charge is 0.495 e. The molecule has 1 unspecified atom stereocenters. The first-order chi connectivity index (χ1) is 17.9. The molecular formula is C30H28ClNO5. The highest BCUT2D eigenvalue weighted by molar-refractivity contribution is 6.32. The smallest absolute Gasteiger partial charge is 0.295 e. The SMILES string of the molecule is CCCCCOc1ccc(C2c3c(oc4ccc(C)cc4c3=O)C(=O)N2c2ccc(OC)c(Cl)c2)cc1. The topological polar surface area (TPSA) is 69.0 Å². The average molecular weight is 518 g/mol. The number of amides is 1. The first kappa shape index (κ1) is 24.9. The summed E-state index contributed by atoms with van der Waals surface area (Å²) in [5, 5.41) is 0.806. The fourth-order valence-corrected chi connectivity index (χ4v) is 5.01. The van der Waals surface area contributed by atoms with Crippen LogP contribution in [0.4, 0.5) is 5.69 Å². The molecular weight excluding hydrogens is 490 g/mol. The van der Waals surface area contributed by atoms with E-state index in [0.29, 0.717) is 39.6 Å². The molecule has 1 aromatic heterocycles. The Morgan fingerprint density at radius 3 is 2.49 bits per heavy atom. The van der Waals surface area contributed by atoms with Gasteiger partial charge in [0.05, 0.1) is 35.7 Å². The summed E-state index contributed by atoms with van der Waals surface area (Å²) in [6, 6.07) is 17.3. The molecule has 0 fully saturated rings. The first-order valence-corrected chi connectivity index (χ1v) is 12.8. The fraction of sp³-hybridized carbons (Fsp3) is 0.267. The van der Waals surface area contributed by atoms with Crippen LogP contribution in [0.15, 0.2) is 69.9 Å². The van der Waals surface area contributed by atoms with Crippen molar-refractivity contribution >= 4 is 34.2 Å². The fourth-order valence-electron chi connectivity index (χ4n) is 4.76. The number of nitrogens with zero attached hydrogens (tertiary/aromatic N) is 1. The number of fused-ring (bicyclic) bond motifs is 2. The van der Waals surface area contributed by atoms with Crippen molar-refractivity contribution in [2.24, 2.45) is 0 Å². The van der Waals surface area contributed by atoms with E-state index in [-0.39, 0.29) is 11.2 Å². The highest BCUT2D eigenvalue weighted by atomic mass is 35.5. The highest BCUT2D eigenvalue weighted by Gasteiger charge is 2.43. The van der Waals surface area contributed by atoms with Crippen LogP contribution < -0.4 is 19.8 Å². The molecule has 1 aliphatic heterocycles. The summed E-state index contributed by atoms with van der Waals surface area (Å²) in [4.78, 5) is 29.1. The number of halogens is 1. The van der Waals surface area contributed by atoms with Gasteiger partial charge in [0.2, 0.25) is 5.76 Å². The minimum absolute atomic E-state index is 0.0400. The molecule has 2 heterocycles. The van der Waals surface area contributed by atoms with Crippen molar-refractivity contribution < 1.29 is 18.7 Å². The summed E-state index contributed by atoms with van der Waals surface area (Å²) in [6.45, 7) is 4.71. The zero-order valence-electron chi connectivity index (χ0n) is 21.0. The van der Waals surface area contributed by atoms with Gasteiger partial charge in [0.25, 0.3) is 5.91 Å². The number of benzene rings is 3. The second-order valence-electron chi connectivity index (χ2n) is 9.19. The van der Waals surface area contributed by atoms with E-state index in [1.165, 1.54) is 7.11 Å². The maximum Gasteiger partial charge on any atom is 0.295 e. The minimum atomic E-state index is -0.692. The molecule has 0 spiro atoms. The number of hydrogen-bond donors (Lipinski definition) is 0. The van der Waals surface area contributed by atoms with E-state index in [0.717, 1.165) is 36.1 Å². The molecule has 0 saturated carbocycles. The van der Waals surface area contributed by atoms with Crippen LogP contribution in [-0.4, -0.2) is 19.6 Å². The lowest BCUT2D eigenvalue weighted by molar-refractivity contribution is 0.0971. The molecule has 5 rings (SSSR count). The van der Waals surface area contributed by atoms with Crippen LogP contribution in [0, 0.1) is 6.92 Å². The monoisotopic (exact) mass is 517 g/mol. The molecule has 7 heteroatoms. The Labute approximate surface area is 220 Å². The summed E-state index contributed by atoms with van der Waals surface area (Å²) < 4.78 is 17.2. The summed E-state index contributed by atoms with van der Waals surface area (Å²) in [6.07, 6.45) is 3.23. The number of unbranched alkanes of at least 4 members (excludes halogenated alkanes) is 2.